The van der Waals surface area contributed by atoms with Gasteiger partial charge in [0.25, 0.3) is 0 Å². The van der Waals surface area contributed by atoms with Crippen LogP contribution in [0.3, 0.4) is 0 Å². The highest BCUT2D eigenvalue weighted by molar-refractivity contribution is 9.11. The van der Waals surface area contributed by atoms with Crippen molar-refractivity contribution in [2.75, 3.05) is 5.32 Å². The summed E-state index contributed by atoms with van der Waals surface area (Å²) in [4.78, 5) is 4.44. The molecule has 1 aromatic carbocycles. The lowest BCUT2D eigenvalue weighted by Crippen LogP contribution is -1.97. The summed E-state index contributed by atoms with van der Waals surface area (Å²) in [6, 6.07) is 8.14. The molecule has 0 spiro atoms. The minimum atomic E-state index is 0.786. The third-order valence-electron chi connectivity index (χ3n) is 2.85. The lowest BCUT2D eigenvalue weighted by molar-refractivity contribution is 0.538. The maximum atomic E-state index is 5.59. The van der Waals surface area contributed by atoms with Crippen LogP contribution in [0, 0.1) is 0 Å². The molecule has 0 radical (unpaired) electrons. The first-order chi connectivity index (χ1) is 9.24. The van der Waals surface area contributed by atoms with Crippen LogP contribution in [0.15, 0.2) is 37.8 Å². The summed E-state index contributed by atoms with van der Waals surface area (Å²) in [6.07, 6.45) is 0.820. The third kappa shape index (κ3) is 2.82. The fourth-order valence-electron chi connectivity index (χ4n) is 1.88. The van der Waals surface area contributed by atoms with Crippen molar-refractivity contribution in [1.82, 2.24) is 4.98 Å². The Morgan fingerprint density at radius 2 is 2.26 bits per heavy atom. The Hall–Kier alpha value is -1.33. The van der Waals surface area contributed by atoms with Crippen LogP contribution in [0.5, 0.6) is 0 Å². The van der Waals surface area contributed by atoms with E-state index in [1.54, 1.807) is 11.3 Å². The van der Waals surface area contributed by atoms with Crippen molar-refractivity contribution in [3.05, 3.63) is 44.9 Å². The molecular weight excluding hydrogens is 324 g/mol. The van der Waals surface area contributed by atoms with Crippen molar-refractivity contribution in [1.29, 1.82) is 0 Å². The molecule has 0 fully saturated rings. The normalized spacial score (nSPS) is 11.1. The average molecular weight is 337 g/mol. The summed E-state index contributed by atoms with van der Waals surface area (Å²) in [5, 5.41) is 5.54. The number of fused-ring (bicyclic) bond motifs is 1. The molecule has 1 N–H and O–H groups in total. The van der Waals surface area contributed by atoms with Gasteiger partial charge in [0.15, 0.2) is 11.5 Å². The van der Waals surface area contributed by atoms with Crippen LogP contribution in [0.1, 0.15) is 18.4 Å². The first-order valence-corrected chi connectivity index (χ1v) is 7.78. The summed E-state index contributed by atoms with van der Waals surface area (Å²) >= 11 is 5.17. The molecular formula is C14H13BrN2OS. The number of hydrogen-bond acceptors (Lipinski definition) is 4. The molecule has 0 bridgehead atoms. The lowest BCUT2D eigenvalue weighted by Gasteiger charge is -2.04. The summed E-state index contributed by atoms with van der Waals surface area (Å²) in [6.45, 7) is 2.85. The zero-order valence-electron chi connectivity index (χ0n) is 10.4. The fourth-order valence-corrected chi connectivity index (χ4v) is 3.09. The second kappa shape index (κ2) is 5.35. The van der Waals surface area contributed by atoms with Gasteiger partial charge in [-0.15, -0.1) is 11.3 Å². The number of aromatic nitrogens is 1. The highest BCUT2D eigenvalue weighted by atomic mass is 79.9. The molecule has 0 unspecified atom stereocenters. The van der Waals surface area contributed by atoms with Gasteiger partial charge in [-0.2, -0.15) is 0 Å². The van der Waals surface area contributed by atoms with Gasteiger partial charge in [-0.05, 0) is 51.1 Å². The van der Waals surface area contributed by atoms with Crippen LogP contribution in [-0.4, -0.2) is 4.98 Å². The smallest absolute Gasteiger partial charge is 0.195 e. The van der Waals surface area contributed by atoms with Crippen molar-refractivity contribution >= 4 is 44.1 Å². The highest BCUT2D eigenvalue weighted by Crippen LogP contribution is 2.23. The van der Waals surface area contributed by atoms with Crippen molar-refractivity contribution in [3.63, 3.8) is 0 Å². The van der Waals surface area contributed by atoms with Gasteiger partial charge in [0.05, 0.1) is 3.79 Å². The molecule has 2 heterocycles. The lowest BCUT2D eigenvalue weighted by atomic mass is 10.2. The van der Waals surface area contributed by atoms with E-state index in [2.05, 4.69) is 37.7 Å². The first kappa shape index (κ1) is 12.7. The standard InChI is InChI=1S/C14H13BrN2OS/c1-2-14-17-11-6-10(3-4-12(11)18-14)16-7-9-5-13(15)19-8-9/h3-6,8,16H,2,7H2,1H3. The number of nitrogens with one attached hydrogen (secondary N) is 1. The Kier molecular flexibility index (Phi) is 3.57. The molecule has 0 aliphatic rings. The maximum Gasteiger partial charge on any atom is 0.195 e. The summed E-state index contributed by atoms with van der Waals surface area (Å²) < 4.78 is 6.75. The molecule has 5 heteroatoms. The van der Waals surface area contributed by atoms with Crippen molar-refractivity contribution in [2.45, 2.75) is 19.9 Å². The van der Waals surface area contributed by atoms with Crippen LogP contribution >= 0.6 is 27.3 Å². The zero-order valence-corrected chi connectivity index (χ0v) is 12.8. The molecule has 3 aromatic rings. The molecule has 98 valence electrons. The topological polar surface area (TPSA) is 38.1 Å². The van der Waals surface area contributed by atoms with Gasteiger partial charge >= 0.3 is 0 Å². The highest BCUT2D eigenvalue weighted by Gasteiger charge is 2.05. The number of benzene rings is 1. The molecule has 0 saturated heterocycles. The number of hydrogen-bond donors (Lipinski definition) is 1. The van der Waals surface area contributed by atoms with E-state index in [1.165, 1.54) is 5.56 Å². The van der Waals surface area contributed by atoms with Gasteiger partial charge in [-0.25, -0.2) is 4.98 Å². The van der Waals surface area contributed by atoms with Gasteiger partial charge in [0.2, 0.25) is 0 Å². The van der Waals surface area contributed by atoms with E-state index in [-0.39, 0.29) is 0 Å². The van der Waals surface area contributed by atoms with Crippen molar-refractivity contribution in [3.8, 4) is 0 Å². The third-order valence-corrected chi connectivity index (χ3v) is 4.41. The number of anilines is 1. The molecule has 3 nitrogen and oxygen atoms in total. The van der Waals surface area contributed by atoms with Crippen LogP contribution in [0.25, 0.3) is 11.1 Å². The van der Waals surface area contributed by atoms with Crippen LogP contribution in [0.4, 0.5) is 5.69 Å². The van der Waals surface area contributed by atoms with Crippen LogP contribution in [-0.2, 0) is 13.0 Å². The Morgan fingerprint density at radius 1 is 1.37 bits per heavy atom. The zero-order chi connectivity index (χ0) is 13.2. The average Bonchev–Trinajstić information content (AvgIpc) is 3.01. The molecule has 0 aliphatic heterocycles. The second-order valence-corrected chi connectivity index (χ2v) is 6.55. The molecule has 2 aromatic heterocycles. The number of oxazole rings is 1. The van der Waals surface area contributed by atoms with Gasteiger partial charge in [-0.3, -0.25) is 0 Å². The Morgan fingerprint density at radius 3 is 3.00 bits per heavy atom. The number of aryl methyl sites for hydroxylation is 1. The van der Waals surface area contributed by atoms with E-state index in [0.717, 1.165) is 39.4 Å². The monoisotopic (exact) mass is 336 g/mol. The van der Waals surface area contributed by atoms with Gasteiger partial charge in [0.1, 0.15) is 5.52 Å². The van der Waals surface area contributed by atoms with Crippen LogP contribution < -0.4 is 5.32 Å². The van der Waals surface area contributed by atoms with E-state index >= 15 is 0 Å². The summed E-state index contributed by atoms with van der Waals surface area (Å²) in [5.41, 5.74) is 4.09. The maximum absolute atomic E-state index is 5.59. The Bertz CT molecular complexity index is 704. The molecule has 3 rings (SSSR count). The molecule has 0 aliphatic carbocycles. The molecule has 0 atom stereocenters. The molecule has 0 amide bonds. The number of thiophene rings is 1. The minimum Gasteiger partial charge on any atom is -0.441 e. The Labute approximate surface area is 123 Å². The fraction of sp³-hybridized carbons (Fsp3) is 0.214. The summed E-state index contributed by atoms with van der Waals surface area (Å²) in [5.74, 6) is 0.786. The number of rotatable bonds is 4. The van der Waals surface area contributed by atoms with E-state index in [0.29, 0.717) is 0 Å². The quantitative estimate of drug-likeness (QED) is 0.741. The SMILES string of the molecule is CCc1nc2cc(NCc3csc(Br)c3)ccc2o1. The minimum absolute atomic E-state index is 0.786. The van der Waals surface area contributed by atoms with Crippen LogP contribution in [0.2, 0.25) is 0 Å². The van der Waals surface area contributed by atoms with E-state index in [1.807, 2.05) is 25.1 Å². The molecule has 0 saturated carbocycles. The predicted octanol–water partition coefficient (Wildman–Crippen LogP) is 4.83. The van der Waals surface area contributed by atoms with E-state index in [4.69, 9.17) is 4.42 Å². The van der Waals surface area contributed by atoms with Gasteiger partial charge in [0, 0.05) is 18.7 Å². The molecule has 19 heavy (non-hydrogen) atoms. The van der Waals surface area contributed by atoms with Gasteiger partial charge in [-0.1, -0.05) is 6.92 Å². The Balaban J connectivity index is 1.77. The van der Waals surface area contributed by atoms with Gasteiger partial charge < -0.3 is 9.73 Å². The second-order valence-electron chi connectivity index (χ2n) is 4.26. The predicted molar refractivity (Wildman–Crippen MR) is 82.7 cm³/mol. The van der Waals surface area contributed by atoms with E-state index < -0.39 is 0 Å². The van der Waals surface area contributed by atoms with Crippen molar-refractivity contribution in [2.24, 2.45) is 0 Å². The largest absolute Gasteiger partial charge is 0.441 e. The summed E-state index contributed by atoms with van der Waals surface area (Å²) in [7, 11) is 0. The van der Waals surface area contributed by atoms with E-state index in [9.17, 15) is 0 Å². The first-order valence-electron chi connectivity index (χ1n) is 6.11. The number of nitrogens with zero attached hydrogens (tertiary/aromatic N) is 1. The number of halogens is 1. The van der Waals surface area contributed by atoms with Crippen molar-refractivity contribution < 1.29 is 4.42 Å².